The molecule has 0 N–H and O–H groups in total. The second-order valence-electron chi connectivity index (χ2n) is 4.77. The Kier molecular flexibility index (Phi) is 5.65. The summed E-state index contributed by atoms with van der Waals surface area (Å²) in [4.78, 5) is 45.2. The number of carbonyl (C=O) groups is 3. The van der Waals surface area contributed by atoms with E-state index in [1.165, 1.54) is 7.11 Å². The van der Waals surface area contributed by atoms with Crippen LogP contribution in [0.3, 0.4) is 0 Å². The SMILES string of the molecule is COOCCC1OC(=O)C(C(=O)Cc2ccccc2Cl)C1=O. The maximum absolute atomic E-state index is 12.2. The van der Waals surface area contributed by atoms with Crippen molar-refractivity contribution < 1.29 is 28.9 Å². The van der Waals surface area contributed by atoms with Crippen molar-refractivity contribution in [3.05, 3.63) is 34.9 Å². The van der Waals surface area contributed by atoms with E-state index in [0.29, 0.717) is 10.6 Å². The lowest BCUT2D eigenvalue weighted by Gasteiger charge is -2.07. The van der Waals surface area contributed by atoms with Crippen molar-refractivity contribution in [2.75, 3.05) is 13.7 Å². The minimum absolute atomic E-state index is 0.0889. The summed E-state index contributed by atoms with van der Waals surface area (Å²) in [7, 11) is 1.33. The van der Waals surface area contributed by atoms with Gasteiger partial charge in [-0.25, -0.2) is 9.78 Å². The highest BCUT2D eigenvalue weighted by Crippen LogP contribution is 2.24. The number of ketones is 2. The van der Waals surface area contributed by atoms with Gasteiger partial charge in [-0.15, -0.1) is 0 Å². The Morgan fingerprint density at radius 3 is 2.73 bits per heavy atom. The van der Waals surface area contributed by atoms with Crippen molar-refractivity contribution in [3.63, 3.8) is 0 Å². The lowest BCUT2D eigenvalue weighted by Crippen LogP contribution is -2.29. The third-order valence-corrected chi connectivity index (χ3v) is 3.69. The number of hydrogen-bond donors (Lipinski definition) is 0. The van der Waals surface area contributed by atoms with E-state index in [4.69, 9.17) is 16.3 Å². The van der Waals surface area contributed by atoms with Gasteiger partial charge < -0.3 is 4.74 Å². The monoisotopic (exact) mass is 326 g/mol. The van der Waals surface area contributed by atoms with E-state index in [2.05, 4.69) is 9.78 Å². The van der Waals surface area contributed by atoms with Crippen LogP contribution in [-0.4, -0.2) is 37.4 Å². The second-order valence-corrected chi connectivity index (χ2v) is 5.18. The smallest absolute Gasteiger partial charge is 0.325 e. The number of halogens is 1. The van der Waals surface area contributed by atoms with Gasteiger partial charge in [0.05, 0.1) is 13.7 Å². The molecule has 118 valence electrons. The standard InChI is InChI=1S/C15H15ClO6/c1-20-21-7-6-12-14(18)13(15(19)22-12)11(17)8-9-4-2-3-5-10(9)16/h2-5,12-13H,6-8H2,1H3. The summed E-state index contributed by atoms with van der Waals surface area (Å²) < 4.78 is 4.94. The molecule has 22 heavy (non-hydrogen) atoms. The molecule has 0 amide bonds. The molecular weight excluding hydrogens is 312 g/mol. The summed E-state index contributed by atoms with van der Waals surface area (Å²) in [6.07, 6.45) is -0.913. The average molecular weight is 327 g/mol. The summed E-state index contributed by atoms with van der Waals surface area (Å²) in [6.45, 7) is 0.0889. The van der Waals surface area contributed by atoms with E-state index in [0.717, 1.165) is 0 Å². The van der Waals surface area contributed by atoms with Crippen LogP contribution >= 0.6 is 11.6 Å². The van der Waals surface area contributed by atoms with Crippen molar-refractivity contribution in [2.24, 2.45) is 5.92 Å². The number of esters is 1. The first-order valence-corrected chi connectivity index (χ1v) is 7.08. The maximum Gasteiger partial charge on any atom is 0.325 e. The van der Waals surface area contributed by atoms with Crippen LogP contribution in [0.25, 0.3) is 0 Å². The molecule has 2 unspecified atom stereocenters. The first-order chi connectivity index (χ1) is 10.5. The van der Waals surface area contributed by atoms with E-state index in [-0.39, 0.29) is 19.4 Å². The third-order valence-electron chi connectivity index (χ3n) is 3.32. The fourth-order valence-corrected chi connectivity index (χ4v) is 2.43. The molecule has 0 spiro atoms. The molecule has 1 aromatic carbocycles. The highest BCUT2D eigenvalue weighted by molar-refractivity contribution is 6.31. The Morgan fingerprint density at radius 1 is 1.32 bits per heavy atom. The maximum atomic E-state index is 12.2. The van der Waals surface area contributed by atoms with E-state index >= 15 is 0 Å². The van der Waals surface area contributed by atoms with Crippen molar-refractivity contribution in [2.45, 2.75) is 18.9 Å². The van der Waals surface area contributed by atoms with Gasteiger partial charge in [0.15, 0.2) is 23.6 Å². The van der Waals surface area contributed by atoms with Crippen LogP contribution in [0, 0.1) is 5.92 Å². The normalized spacial score (nSPS) is 21.0. The minimum Gasteiger partial charge on any atom is -0.453 e. The molecule has 7 heteroatoms. The average Bonchev–Trinajstić information content (AvgIpc) is 2.76. The van der Waals surface area contributed by atoms with Crippen LogP contribution in [0.4, 0.5) is 0 Å². The van der Waals surface area contributed by atoms with Gasteiger partial charge in [0.1, 0.15) is 0 Å². The summed E-state index contributed by atoms with van der Waals surface area (Å²) in [5.41, 5.74) is 0.570. The van der Waals surface area contributed by atoms with E-state index in [1.807, 2.05) is 0 Å². The molecule has 1 aliphatic heterocycles. The zero-order valence-corrected chi connectivity index (χ0v) is 12.7. The predicted molar refractivity (Wildman–Crippen MR) is 76.1 cm³/mol. The minimum atomic E-state index is -1.39. The Labute approximate surface area is 132 Å². The van der Waals surface area contributed by atoms with Crippen LogP contribution in [-0.2, 0) is 35.3 Å². The lowest BCUT2D eigenvalue weighted by atomic mass is 9.93. The first kappa shape index (κ1) is 16.6. The Bertz CT molecular complexity index is 585. The molecule has 1 fully saturated rings. The molecule has 1 aliphatic rings. The molecule has 1 aromatic rings. The topological polar surface area (TPSA) is 78.9 Å². The van der Waals surface area contributed by atoms with Gasteiger partial charge in [-0.2, -0.15) is 0 Å². The fraction of sp³-hybridized carbons (Fsp3) is 0.400. The van der Waals surface area contributed by atoms with Crippen LogP contribution in [0.15, 0.2) is 24.3 Å². The van der Waals surface area contributed by atoms with Gasteiger partial charge in [0.2, 0.25) is 0 Å². The zero-order valence-electron chi connectivity index (χ0n) is 11.9. The number of ether oxygens (including phenoxy) is 1. The summed E-state index contributed by atoms with van der Waals surface area (Å²) in [5, 5.41) is 0.416. The lowest BCUT2D eigenvalue weighted by molar-refractivity contribution is -0.274. The number of cyclic esters (lactones) is 1. The fourth-order valence-electron chi connectivity index (χ4n) is 2.23. The van der Waals surface area contributed by atoms with Crippen molar-refractivity contribution in [1.29, 1.82) is 0 Å². The molecule has 1 heterocycles. The van der Waals surface area contributed by atoms with Crippen LogP contribution in [0.5, 0.6) is 0 Å². The largest absolute Gasteiger partial charge is 0.453 e. The summed E-state index contributed by atoms with van der Waals surface area (Å²) >= 11 is 5.98. The van der Waals surface area contributed by atoms with Crippen LogP contribution in [0.2, 0.25) is 5.02 Å². The highest BCUT2D eigenvalue weighted by atomic mass is 35.5. The Morgan fingerprint density at radius 2 is 2.05 bits per heavy atom. The molecule has 0 bridgehead atoms. The number of Topliss-reactive ketones (excluding diaryl/α,β-unsaturated/α-hetero) is 2. The summed E-state index contributed by atoms with van der Waals surface area (Å²) in [5.74, 6) is -3.26. The van der Waals surface area contributed by atoms with Gasteiger partial charge in [0.25, 0.3) is 0 Å². The Balaban J connectivity index is 2.02. The number of carbonyl (C=O) groups excluding carboxylic acids is 3. The Hall–Kier alpha value is -1.76. The van der Waals surface area contributed by atoms with Gasteiger partial charge in [-0.05, 0) is 11.6 Å². The molecule has 2 rings (SSSR count). The molecule has 0 saturated carbocycles. The van der Waals surface area contributed by atoms with Crippen molar-refractivity contribution in [1.82, 2.24) is 0 Å². The van der Waals surface area contributed by atoms with Crippen molar-refractivity contribution in [3.8, 4) is 0 Å². The van der Waals surface area contributed by atoms with E-state index in [1.54, 1.807) is 24.3 Å². The van der Waals surface area contributed by atoms with Crippen LogP contribution < -0.4 is 0 Å². The van der Waals surface area contributed by atoms with Gasteiger partial charge in [-0.1, -0.05) is 29.8 Å². The molecule has 2 atom stereocenters. The quantitative estimate of drug-likeness (QED) is 0.248. The van der Waals surface area contributed by atoms with E-state index < -0.39 is 29.6 Å². The third kappa shape index (κ3) is 3.71. The molecule has 6 nitrogen and oxygen atoms in total. The summed E-state index contributed by atoms with van der Waals surface area (Å²) in [6, 6.07) is 6.78. The van der Waals surface area contributed by atoms with Crippen LogP contribution in [0.1, 0.15) is 12.0 Å². The van der Waals surface area contributed by atoms with Crippen molar-refractivity contribution >= 4 is 29.1 Å². The molecule has 1 saturated heterocycles. The second kappa shape index (κ2) is 7.49. The molecular formula is C15H15ClO6. The number of benzene rings is 1. The molecule has 0 radical (unpaired) electrons. The van der Waals surface area contributed by atoms with Gasteiger partial charge in [0, 0.05) is 17.9 Å². The predicted octanol–water partition coefficient (Wildman–Crippen LogP) is 1.53. The first-order valence-electron chi connectivity index (χ1n) is 6.70. The van der Waals surface area contributed by atoms with E-state index in [9.17, 15) is 14.4 Å². The van der Waals surface area contributed by atoms with Gasteiger partial charge in [-0.3, -0.25) is 14.4 Å². The number of hydrogen-bond acceptors (Lipinski definition) is 6. The van der Waals surface area contributed by atoms with Gasteiger partial charge >= 0.3 is 5.97 Å². The molecule has 0 aliphatic carbocycles. The highest BCUT2D eigenvalue weighted by Gasteiger charge is 2.47. The zero-order chi connectivity index (χ0) is 16.1. The number of rotatable bonds is 7. The molecule has 0 aromatic heterocycles.